The average Bonchev–Trinajstić information content (AvgIpc) is 2.18. The summed E-state index contributed by atoms with van der Waals surface area (Å²) in [7, 11) is -2.22. The maximum Gasteiger partial charge on any atom is 0.491 e. The van der Waals surface area contributed by atoms with Gasteiger partial charge in [0.2, 0.25) is 5.82 Å². The third-order valence-corrected chi connectivity index (χ3v) is 1.72. The number of halogens is 3. The summed E-state index contributed by atoms with van der Waals surface area (Å²) in [5, 5.41) is 17.4. The molecule has 0 aliphatic heterocycles. The van der Waals surface area contributed by atoms with Gasteiger partial charge in [-0.25, -0.2) is 8.78 Å². The molecule has 0 unspecified atom stereocenters. The molecule has 0 atom stereocenters. The van der Waals surface area contributed by atoms with Crippen LogP contribution in [0, 0.1) is 17.5 Å². The van der Waals surface area contributed by atoms with Gasteiger partial charge in [0.15, 0.2) is 17.4 Å². The molecule has 0 bridgehead atoms. The largest absolute Gasteiger partial charge is 0.491 e. The van der Waals surface area contributed by atoms with E-state index in [1.54, 1.807) is 0 Å². The highest BCUT2D eigenvalue weighted by Crippen LogP contribution is 2.20. The minimum Gasteiger partial charge on any atom is -0.491 e. The molecule has 0 saturated carbocycles. The highest BCUT2D eigenvalue weighted by Gasteiger charge is 2.25. The van der Waals surface area contributed by atoms with Crippen LogP contribution in [0.3, 0.4) is 0 Å². The van der Waals surface area contributed by atoms with Crippen molar-refractivity contribution in [2.75, 3.05) is 6.61 Å². The second-order valence-electron chi connectivity index (χ2n) is 2.71. The molecule has 82 valence electrons. The van der Waals surface area contributed by atoms with Crippen molar-refractivity contribution in [3.8, 4) is 5.75 Å². The zero-order valence-electron chi connectivity index (χ0n) is 7.80. The van der Waals surface area contributed by atoms with Crippen molar-refractivity contribution >= 4 is 12.6 Å². The molecule has 15 heavy (non-hydrogen) atoms. The molecule has 0 amide bonds. The van der Waals surface area contributed by atoms with E-state index in [0.717, 1.165) is 0 Å². The number of benzene rings is 1. The normalized spacial score (nSPS) is 10.3. The predicted octanol–water partition coefficient (Wildman–Crippen LogP) is 0.182. The standard InChI is InChI=1S/C8H8BF3O3/c1-2-15-5-3-4(9(13)14)6(10)8(12)7(5)11/h3,13-14H,2H2,1H3. The molecule has 0 aliphatic carbocycles. The Morgan fingerprint density at radius 3 is 2.27 bits per heavy atom. The van der Waals surface area contributed by atoms with Gasteiger partial charge in [0.1, 0.15) is 0 Å². The lowest BCUT2D eigenvalue weighted by Gasteiger charge is -2.09. The third-order valence-electron chi connectivity index (χ3n) is 1.72. The van der Waals surface area contributed by atoms with Crippen molar-refractivity contribution < 1.29 is 28.0 Å². The molecule has 0 saturated heterocycles. The van der Waals surface area contributed by atoms with E-state index in [-0.39, 0.29) is 6.61 Å². The summed E-state index contributed by atoms with van der Waals surface area (Å²) in [6, 6.07) is 0.710. The fourth-order valence-corrected chi connectivity index (χ4v) is 1.05. The van der Waals surface area contributed by atoms with Crippen LogP contribution in [0.4, 0.5) is 13.2 Å². The molecule has 3 nitrogen and oxygen atoms in total. The van der Waals surface area contributed by atoms with Gasteiger partial charge in [0.05, 0.1) is 6.61 Å². The Kier molecular flexibility index (Phi) is 3.59. The molecule has 0 heterocycles. The number of rotatable bonds is 3. The van der Waals surface area contributed by atoms with Crippen LogP contribution in [0.25, 0.3) is 0 Å². The maximum atomic E-state index is 13.0. The van der Waals surface area contributed by atoms with Gasteiger partial charge >= 0.3 is 7.12 Å². The van der Waals surface area contributed by atoms with E-state index in [1.807, 2.05) is 0 Å². The first-order valence-electron chi connectivity index (χ1n) is 4.15. The smallest absolute Gasteiger partial charge is 0.491 e. The molecular weight excluding hydrogens is 212 g/mol. The first-order chi connectivity index (χ1) is 6.99. The summed E-state index contributed by atoms with van der Waals surface area (Å²) in [6.45, 7) is 1.57. The first kappa shape index (κ1) is 11.9. The van der Waals surface area contributed by atoms with Crippen molar-refractivity contribution in [3.05, 3.63) is 23.5 Å². The fourth-order valence-electron chi connectivity index (χ4n) is 1.05. The van der Waals surface area contributed by atoms with E-state index in [1.165, 1.54) is 6.92 Å². The van der Waals surface area contributed by atoms with Gasteiger partial charge in [0, 0.05) is 5.46 Å². The van der Waals surface area contributed by atoms with Gasteiger partial charge in [-0.15, -0.1) is 0 Å². The molecule has 0 aliphatic rings. The number of hydrogen-bond donors (Lipinski definition) is 2. The summed E-state index contributed by atoms with van der Waals surface area (Å²) in [6.07, 6.45) is 0. The van der Waals surface area contributed by atoms with Crippen LogP contribution >= 0.6 is 0 Å². The number of ether oxygens (including phenoxy) is 1. The Bertz CT molecular complexity index is 371. The monoisotopic (exact) mass is 220 g/mol. The zero-order chi connectivity index (χ0) is 11.6. The molecule has 2 N–H and O–H groups in total. The van der Waals surface area contributed by atoms with E-state index in [2.05, 4.69) is 4.74 Å². The summed E-state index contributed by atoms with van der Waals surface area (Å²) >= 11 is 0. The SMILES string of the molecule is CCOc1cc(B(O)O)c(F)c(F)c1F. The minimum absolute atomic E-state index is 0.0446. The molecule has 0 aromatic heterocycles. The lowest BCUT2D eigenvalue weighted by Crippen LogP contribution is -2.34. The van der Waals surface area contributed by atoms with E-state index in [0.29, 0.717) is 6.07 Å². The Morgan fingerprint density at radius 2 is 1.80 bits per heavy atom. The van der Waals surface area contributed by atoms with E-state index in [4.69, 9.17) is 10.0 Å². The molecule has 0 radical (unpaired) electrons. The van der Waals surface area contributed by atoms with Crippen molar-refractivity contribution in [2.24, 2.45) is 0 Å². The second kappa shape index (κ2) is 4.54. The van der Waals surface area contributed by atoms with Gasteiger partial charge in [0.25, 0.3) is 0 Å². The van der Waals surface area contributed by atoms with E-state index >= 15 is 0 Å². The number of hydrogen-bond acceptors (Lipinski definition) is 3. The summed E-state index contributed by atoms with van der Waals surface area (Å²) < 4.78 is 43.5. The van der Waals surface area contributed by atoms with Gasteiger partial charge in [-0.3, -0.25) is 0 Å². The minimum atomic E-state index is -2.22. The van der Waals surface area contributed by atoms with Crippen LogP contribution in [-0.4, -0.2) is 23.8 Å². The Labute approximate surface area is 84.3 Å². The fraction of sp³-hybridized carbons (Fsp3) is 0.250. The third kappa shape index (κ3) is 2.24. The molecule has 7 heteroatoms. The zero-order valence-corrected chi connectivity index (χ0v) is 7.80. The Balaban J connectivity index is 3.31. The van der Waals surface area contributed by atoms with Crippen molar-refractivity contribution in [1.29, 1.82) is 0 Å². The summed E-state index contributed by atoms with van der Waals surface area (Å²) in [4.78, 5) is 0. The highest BCUT2D eigenvalue weighted by molar-refractivity contribution is 6.58. The molecule has 1 rings (SSSR count). The topological polar surface area (TPSA) is 49.7 Å². The van der Waals surface area contributed by atoms with Crippen LogP contribution in [0.15, 0.2) is 6.07 Å². The van der Waals surface area contributed by atoms with Gasteiger partial charge in [-0.1, -0.05) is 0 Å². The van der Waals surface area contributed by atoms with Crippen molar-refractivity contribution in [3.63, 3.8) is 0 Å². The second-order valence-corrected chi connectivity index (χ2v) is 2.71. The van der Waals surface area contributed by atoms with E-state index < -0.39 is 35.8 Å². The molecule has 1 aromatic rings. The van der Waals surface area contributed by atoms with Crippen molar-refractivity contribution in [1.82, 2.24) is 0 Å². The lowest BCUT2D eigenvalue weighted by atomic mass is 9.79. The lowest BCUT2D eigenvalue weighted by molar-refractivity contribution is 0.309. The van der Waals surface area contributed by atoms with Crippen LogP contribution < -0.4 is 10.2 Å². The molecule has 0 fully saturated rings. The van der Waals surface area contributed by atoms with Crippen LogP contribution in [-0.2, 0) is 0 Å². The Morgan fingerprint density at radius 1 is 1.20 bits per heavy atom. The van der Waals surface area contributed by atoms with Gasteiger partial charge < -0.3 is 14.8 Å². The van der Waals surface area contributed by atoms with Gasteiger partial charge in [-0.05, 0) is 13.0 Å². The van der Waals surface area contributed by atoms with Crippen LogP contribution in [0.2, 0.25) is 0 Å². The highest BCUT2D eigenvalue weighted by atomic mass is 19.2. The van der Waals surface area contributed by atoms with E-state index in [9.17, 15) is 13.2 Å². The summed E-state index contributed by atoms with van der Waals surface area (Å²) in [5.74, 6) is -5.46. The first-order valence-corrected chi connectivity index (χ1v) is 4.15. The average molecular weight is 220 g/mol. The van der Waals surface area contributed by atoms with Crippen LogP contribution in [0.1, 0.15) is 6.92 Å². The summed E-state index contributed by atoms with van der Waals surface area (Å²) in [5.41, 5.74) is -0.766. The molecule has 0 spiro atoms. The van der Waals surface area contributed by atoms with Crippen LogP contribution in [0.5, 0.6) is 5.75 Å². The Hall–Kier alpha value is -1.21. The quantitative estimate of drug-likeness (QED) is 0.564. The van der Waals surface area contributed by atoms with Gasteiger partial charge in [-0.2, -0.15) is 4.39 Å². The molecular formula is C8H8BF3O3. The van der Waals surface area contributed by atoms with Crippen molar-refractivity contribution in [2.45, 2.75) is 6.92 Å². The maximum absolute atomic E-state index is 13.0. The predicted molar refractivity (Wildman–Crippen MR) is 47.3 cm³/mol. The molecule has 1 aromatic carbocycles.